The number of hydrogen-bond donors (Lipinski definition) is 2. The van der Waals surface area contributed by atoms with Crippen LogP contribution in [-0.2, 0) is 6.54 Å². The predicted molar refractivity (Wildman–Crippen MR) is 68.6 cm³/mol. The van der Waals surface area contributed by atoms with Gasteiger partial charge in [-0.05, 0) is 32.4 Å². The molecule has 1 heterocycles. The standard InChI is InChI=1S/C14H21FN2/c1-14(2,3)17-8-10-7-16-9-12-11(10)5-4-6-13(12)15/h4-6,10,16-17H,7-9H2,1-3H3. The highest BCUT2D eigenvalue weighted by atomic mass is 19.1. The van der Waals surface area contributed by atoms with E-state index in [9.17, 15) is 4.39 Å². The summed E-state index contributed by atoms with van der Waals surface area (Å²) in [6.45, 7) is 8.89. The van der Waals surface area contributed by atoms with Crippen LogP contribution in [0.5, 0.6) is 0 Å². The first-order valence-electron chi connectivity index (χ1n) is 6.20. The summed E-state index contributed by atoms with van der Waals surface area (Å²) < 4.78 is 13.7. The normalized spacial score (nSPS) is 20.1. The molecule has 17 heavy (non-hydrogen) atoms. The molecule has 1 unspecified atom stereocenters. The second-order valence-electron chi connectivity index (χ2n) is 5.77. The molecular formula is C14H21FN2. The smallest absolute Gasteiger partial charge is 0.127 e. The van der Waals surface area contributed by atoms with Crippen LogP contribution in [0.25, 0.3) is 0 Å². The first-order chi connectivity index (χ1) is 7.97. The second-order valence-corrected chi connectivity index (χ2v) is 5.77. The zero-order valence-corrected chi connectivity index (χ0v) is 10.8. The highest BCUT2D eigenvalue weighted by Gasteiger charge is 2.23. The van der Waals surface area contributed by atoms with E-state index in [0.29, 0.717) is 12.5 Å². The van der Waals surface area contributed by atoms with Crippen molar-refractivity contribution in [2.45, 2.75) is 38.8 Å². The Balaban J connectivity index is 2.15. The number of fused-ring (bicyclic) bond motifs is 1. The highest BCUT2D eigenvalue weighted by molar-refractivity contribution is 5.34. The maximum Gasteiger partial charge on any atom is 0.127 e. The van der Waals surface area contributed by atoms with E-state index in [1.807, 2.05) is 12.1 Å². The molecule has 2 rings (SSSR count). The Kier molecular flexibility index (Phi) is 3.50. The summed E-state index contributed by atoms with van der Waals surface area (Å²) in [4.78, 5) is 0. The van der Waals surface area contributed by atoms with Crippen LogP contribution in [0.1, 0.15) is 37.8 Å². The number of halogens is 1. The predicted octanol–water partition coefficient (Wildman–Crippen LogP) is 2.40. The SMILES string of the molecule is CC(C)(C)NCC1CNCc2c(F)cccc21. The molecule has 0 aliphatic carbocycles. The third-order valence-electron chi connectivity index (χ3n) is 3.17. The lowest BCUT2D eigenvalue weighted by Gasteiger charge is -2.30. The number of hydrogen-bond acceptors (Lipinski definition) is 2. The lowest BCUT2D eigenvalue weighted by Crippen LogP contribution is -2.42. The Morgan fingerprint density at radius 3 is 2.88 bits per heavy atom. The van der Waals surface area contributed by atoms with Crippen molar-refractivity contribution >= 4 is 0 Å². The summed E-state index contributed by atoms with van der Waals surface area (Å²) in [7, 11) is 0. The average molecular weight is 236 g/mol. The van der Waals surface area contributed by atoms with Crippen LogP contribution in [0.4, 0.5) is 4.39 Å². The van der Waals surface area contributed by atoms with Crippen molar-refractivity contribution in [1.82, 2.24) is 10.6 Å². The van der Waals surface area contributed by atoms with Gasteiger partial charge >= 0.3 is 0 Å². The maximum absolute atomic E-state index is 13.7. The molecule has 1 atom stereocenters. The summed E-state index contributed by atoms with van der Waals surface area (Å²) in [6.07, 6.45) is 0. The first kappa shape index (κ1) is 12.5. The van der Waals surface area contributed by atoms with E-state index < -0.39 is 0 Å². The molecule has 1 aliphatic rings. The number of rotatable bonds is 2. The first-order valence-corrected chi connectivity index (χ1v) is 6.20. The van der Waals surface area contributed by atoms with Crippen molar-refractivity contribution in [2.75, 3.05) is 13.1 Å². The topological polar surface area (TPSA) is 24.1 Å². The van der Waals surface area contributed by atoms with Gasteiger partial charge in [-0.1, -0.05) is 12.1 Å². The van der Waals surface area contributed by atoms with Gasteiger partial charge in [-0.3, -0.25) is 0 Å². The van der Waals surface area contributed by atoms with Gasteiger partial charge in [0, 0.05) is 36.7 Å². The molecule has 0 aromatic heterocycles. The molecule has 0 saturated heterocycles. The maximum atomic E-state index is 13.7. The third-order valence-corrected chi connectivity index (χ3v) is 3.17. The molecule has 0 saturated carbocycles. The molecule has 0 fully saturated rings. The molecular weight excluding hydrogens is 215 g/mol. The zero-order valence-electron chi connectivity index (χ0n) is 10.8. The van der Waals surface area contributed by atoms with Gasteiger partial charge in [0.2, 0.25) is 0 Å². The van der Waals surface area contributed by atoms with Gasteiger partial charge < -0.3 is 10.6 Å². The largest absolute Gasteiger partial charge is 0.312 e. The molecule has 3 heteroatoms. The second kappa shape index (κ2) is 4.75. The molecule has 94 valence electrons. The van der Waals surface area contributed by atoms with E-state index >= 15 is 0 Å². The molecule has 0 amide bonds. The Bertz CT molecular complexity index is 396. The Labute approximate surface area is 103 Å². The molecule has 0 spiro atoms. The minimum Gasteiger partial charge on any atom is -0.312 e. The molecule has 0 radical (unpaired) electrons. The van der Waals surface area contributed by atoms with Gasteiger partial charge in [-0.2, -0.15) is 0 Å². The van der Waals surface area contributed by atoms with Crippen molar-refractivity contribution in [3.63, 3.8) is 0 Å². The Morgan fingerprint density at radius 1 is 1.41 bits per heavy atom. The summed E-state index contributed by atoms with van der Waals surface area (Å²) in [5.41, 5.74) is 2.09. The summed E-state index contributed by atoms with van der Waals surface area (Å²) in [5.74, 6) is 0.268. The van der Waals surface area contributed by atoms with Crippen molar-refractivity contribution in [2.24, 2.45) is 0 Å². The number of nitrogens with one attached hydrogen (secondary N) is 2. The monoisotopic (exact) mass is 236 g/mol. The van der Waals surface area contributed by atoms with Crippen LogP contribution in [-0.4, -0.2) is 18.6 Å². The van der Waals surface area contributed by atoms with Gasteiger partial charge in [0.15, 0.2) is 0 Å². The average Bonchev–Trinajstić information content (AvgIpc) is 2.26. The van der Waals surface area contributed by atoms with E-state index in [0.717, 1.165) is 24.2 Å². The van der Waals surface area contributed by atoms with Crippen LogP contribution in [0.2, 0.25) is 0 Å². The quantitative estimate of drug-likeness (QED) is 0.824. The lowest BCUT2D eigenvalue weighted by molar-refractivity contribution is 0.389. The minimum absolute atomic E-state index is 0.0875. The van der Waals surface area contributed by atoms with Crippen molar-refractivity contribution in [3.8, 4) is 0 Å². The van der Waals surface area contributed by atoms with E-state index in [1.165, 1.54) is 0 Å². The van der Waals surface area contributed by atoms with E-state index in [1.54, 1.807) is 6.07 Å². The lowest BCUT2D eigenvalue weighted by atomic mass is 9.90. The van der Waals surface area contributed by atoms with Crippen LogP contribution in [0.15, 0.2) is 18.2 Å². The van der Waals surface area contributed by atoms with Crippen LogP contribution >= 0.6 is 0 Å². The van der Waals surface area contributed by atoms with Gasteiger partial charge in [0.1, 0.15) is 5.82 Å². The fourth-order valence-corrected chi connectivity index (χ4v) is 2.24. The minimum atomic E-state index is -0.0875. The molecule has 1 aromatic carbocycles. The molecule has 2 N–H and O–H groups in total. The van der Waals surface area contributed by atoms with Gasteiger partial charge in [0.25, 0.3) is 0 Å². The third kappa shape index (κ3) is 3.05. The molecule has 1 aromatic rings. The van der Waals surface area contributed by atoms with Crippen LogP contribution in [0, 0.1) is 5.82 Å². The fourth-order valence-electron chi connectivity index (χ4n) is 2.24. The summed E-state index contributed by atoms with van der Waals surface area (Å²) >= 11 is 0. The Morgan fingerprint density at radius 2 is 2.18 bits per heavy atom. The van der Waals surface area contributed by atoms with Gasteiger partial charge in [-0.15, -0.1) is 0 Å². The fraction of sp³-hybridized carbons (Fsp3) is 0.571. The highest BCUT2D eigenvalue weighted by Crippen LogP contribution is 2.25. The van der Waals surface area contributed by atoms with Crippen molar-refractivity contribution in [1.29, 1.82) is 0 Å². The molecule has 2 nitrogen and oxygen atoms in total. The number of benzene rings is 1. The van der Waals surface area contributed by atoms with E-state index in [2.05, 4.69) is 31.4 Å². The summed E-state index contributed by atoms with van der Waals surface area (Å²) in [5, 5.41) is 6.78. The van der Waals surface area contributed by atoms with Gasteiger partial charge in [0.05, 0.1) is 0 Å². The van der Waals surface area contributed by atoms with Crippen LogP contribution in [0.3, 0.4) is 0 Å². The van der Waals surface area contributed by atoms with E-state index in [4.69, 9.17) is 0 Å². The van der Waals surface area contributed by atoms with Crippen LogP contribution < -0.4 is 10.6 Å². The van der Waals surface area contributed by atoms with Crippen molar-refractivity contribution < 1.29 is 4.39 Å². The Hall–Kier alpha value is -0.930. The van der Waals surface area contributed by atoms with Crippen molar-refractivity contribution in [3.05, 3.63) is 35.1 Å². The van der Waals surface area contributed by atoms with Gasteiger partial charge in [-0.25, -0.2) is 4.39 Å². The summed E-state index contributed by atoms with van der Waals surface area (Å²) in [6, 6.07) is 5.40. The molecule has 1 aliphatic heterocycles. The van der Waals surface area contributed by atoms with E-state index in [-0.39, 0.29) is 11.4 Å². The molecule has 0 bridgehead atoms. The zero-order chi connectivity index (χ0) is 12.5.